The smallest absolute Gasteiger partial charge is 0.212 e. The molecule has 12 heavy (non-hydrogen) atoms. The highest BCUT2D eigenvalue weighted by Crippen LogP contribution is 2.43. The molecule has 1 rings (SSSR count). The minimum Gasteiger partial charge on any atom is -0.212 e. The molecule has 1 aliphatic rings. The highest BCUT2D eigenvalue weighted by Gasteiger charge is 2.36. The van der Waals surface area contributed by atoms with Gasteiger partial charge in [-0.05, 0) is 24.2 Å². The molecule has 0 amide bonds. The van der Waals surface area contributed by atoms with E-state index >= 15 is 0 Å². The zero-order valence-electron chi connectivity index (χ0n) is 7.51. The zero-order valence-corrected chi connectivity index (χ0v) is 9.08. The van der Waals surface area contributed by atoms with E-state index in [2.05, 4.69) is 13.8 Å². The lowest BCUT2D eigenvalue weighted by Gasteiger charge is -2.25. The lowest BCUT2D eigenvalue weighted by Crippen LogP contribution is -2.23. The molecule has 1 aliphatic carbocycles. The fourth-order valence-corrected chi connectivity index (χ4v) is 3.50. The van der Waals surface area contributed by atoms with Crippen LogP contribution in [0.1, 0.15) is 33.1 Å². The van der Waals surface area contributed by atoms with Crippen molar-refractivity contribution in [3.8, 4) is 0 Å². The average molecular weight is 211 g/mol. The van der Waals surface area contributed by atoms with E-state index in [1.54, 1.807) is 0 Å². The van der Waals surface area contributed by atoms with Crippen LogP contribution in [0.15, 0.2) is 0 Å². The quantitative estimate of drug-likeness (QED) is 0.656. The lowest BCUT2D eigenvalue weighted by atomic mass is 9.83. The van der Waals surface area contributed by atoms with Crippen LogP contribution in [0, 0.1) is 11.3 Å². The minimum absolute atomic E-state index is 0.140. The third-order valence-electron chi connectivity index (χ3n) is 2.88. The number of rotatable bonds is 2. The Morgan fingerprint density at radius 3 is 2.42 bits per heavy atom. The Morgan fingerprint density at radius 2 is 2.08 bits per heavy atom. The molecule has 0 spiro atoms. The van der Waals surface area contributed by atoms with Gasteiger partial charge in [-0.15, -0.1) is 0 Å². The Bertz CT molecular complexity index is 256. The summed E-state index contributed by atoms with van der Waals surface area (Å²) in [5.74, 6) is 0.390. The van der Waals surface area contributed by atoms with E-state index in [-0.39, 0.29) is 17.1 Å². The summed E-state index contributed by atoms with van der Waals surface area (Å²) in [5.41, 5.74) is 0.155. The van der Waals surface area contributed by atoms with Crippen LogP contribution in [0.4, 0.5) is 0 Å². The molecule has 72 valence electrons. The Labute approximate surface area is 78.7 Å². The molecule has 1 saturated carbocycles. The molecule has 0 bridgehead atoms. The third-order valence-corrected chi connectivity index (χ3v) is 4.06. The number of halogens is 1. The van der Waals surface area contributed by atoms with Gasteiger partial charge in [-0.1, -0.05) is 20.3 Å². The van der Waals surface area contributed by atoms with Crippen LogP contribution in [0.3, 0.4) is 0 Å². The summed E-state index contributed by atoms with van der Waals surface area (Å²) >= 11 is 0. The molecule has 0 heterocycles. The first kappa shape index (κ1) is 10.3. The van der Waals surface area contributed by atoms with Crippen LogP contribution in [-0.4, -0.2) is 14.2 Å². The van der Waals surface area contributed by atoms with Crippen LogP contribution in [-0.2, 0) is 9.05 Å². The van der Waals surface area contributed by atoms with Crippen LogP contribution in [0.25, 0.3) is 0 Å². The predicted molar refractivity (Wildman–Crippen MR) is 50.8 cm³/mol. The van der Waals surface area contributed by atoms with Gasteiger partial charge in [0.05, 0.1) is 5.75 Å². The second-order valence-electron chi connectivity index (χ2n) is 4.28. The maximum absolute atomic E-state index is 10.8. The second kappa shape index (κ2) is 3.18. The maximum Gasteiger partial charge on any atom is 0.232 e. The van der Waals surface area contributed by atoms with E-state index in [0.717, 1.165) is 19.3 Å². The summed E-state index contributed by atoms with van der Waals surface area (Å²) in [6.45, 7) is 4.24. The summed E-state index contributed by atoms with van der Waals surface area (Å²) in [5, 5.41) is 0. The average Bonchev–Trinajstić information content (AvgIpc) is 2.07. The summed E-state index contributed by atoms with van der Waals surface area (Å²) in [4.78, 5) is 0. The van der Waals surface area contributed by atoms with Gasteiger partial charge in [-0.2, -0.15) is 0 Å². The third kappa shape index (κ3) is 2.63. The number of hydrogen-bond donors (Lipinski definition) is 0. The first-order chi connectivity index (χ1) is 5.31. The molecule has 0 aliphatic heterocycles. The summed E-state index contributed by atoms with van der Waals surface area (Å²) in [7, 11) is 1.91. The molecule has 4 heteroatoms. The van der Waals surface area contributed by atoms with Gasteiger partial charge < -0.3 is 0 Å². The molecule has 0 radical (unpaired) electrons. The van der Waals surface area contributed by atoms with Crippen molar-refractivity contribution in [2.75, 3.05) is 5.75 Å². The van der Waals surface area contributed by atoms with Gasteiger partial charge in [-0.25, -0.2) is 8.42 Å². The van der Waals surface area contributed by atoms with Gasteiger partial charge in [0.1, 0.15) is 0 Å². The lowest BCUT2D eigenvalue weighted by molar-refractivity contribution is 0.283. The monoisotopic (exact) mass is 210 g/mol. The van der Waals surface area contributed by atoms with Crippen LogP contribution in [0.5, 0.6) is 0 Å². The summed E-state index contributed by atoms with van der Waals surface area (Å²) in [6.07, 6.45) is 3.24. The van der Waals surface area contributed by atoms with E-state index in [4.69, 9.17) is 10.7 Å². The normalized spacial score (nSPS) is 29.1. The van der Waals surface area contributed by atoms with Crippen LogP contribution >= 0.6 is 10.7 Å². The van der Waals surface area contributed by atoms with Gasteiger partial charge >= 0.3 is 0 Å². The molecule has 0 aromatic heterocycles. The highest BCUT2D eigenvalue weighted by molar-refractivity contribution is 8.13. The van der Waals surface area contributed by atoms with E-state index in [1.165, 1.54) is 0 Å². The Kier molecular flexibility index (Phi) is 2.74. The van der Waals surface area contributed by atoms with Crippen molar-refractivity contribution < 1.29 is 8.42 Å². The van der Waals surface area contributed by atoms with Gasteiger partial charge in [0.25, 0.3) is 0 Å². The fourth-order valence-electron chi connectivity index (χ4n) is 1.95. The minimum atomic E-state index is -3.31. The molecule has 1 atom stereocenters. The van der Waals surface area contributed by atoms with Crippen molar-refractivity contribution in [2.45, 2.75) is 33.1 Å². The highest BCUT2D eigenvalue weighted by atomic mass is 35.7. The molecular formula is C8H15ClO2S. The second-order valence-corrected chi connectivity index (χ2v) is 7.10. The first-order valence-corrected chi connectivity index (χ1v) is 6.71. The molecule has 2 nitrogen and oxygen atoms in total. The van der Waals surface area contributed by atoms with Gasteiger partial charge in [0.15, 0.2) is 0 Å². The van der Waals surface area contributed by atoms with Crippen molar-refractivity contribution in [1.82, 2.24) is 0 Å². The van der Waals surface area contributed by atoms with Crippen LogP contribution < -0.4 is 0 Å². The summed E-state index contributed by atoms with van der Waals surface area (Å²) in [6, 6.07) is 0. The molecule has 0 aromatic carbocycles. The van der Waals surface area contributed by atoms with Crippen molar-refractivity contribution in [3.63, 3.8) is 0 Å². The fraction of sp³-hybridized carbons (Fsp3) is 1.00. The van der Waals surface area contributed by atoms with Crippen molar-refractivity contribution in [2.24, 2.45) is 11.3 Å². The molecular weight excluding hydrogens is 196 g/mol. The zero-order chi connectivity index (χ0) is 9.41. The molecule has 0 aromatic rings. The number of hydrogen-bond acceptors (Lipinski definition) is 2. The van der Waals surface area contributed by atoms with E-state index < -0.39 is 9.05 Å². The molecule has 0 N–H and O–H groups in total. The summed E-state index contributed by atoms with van der Waals surface area (Å²) < 4.78 is 21.7. The van der Waals surface area contributed by atoms with E-state index in [1.807, 2.05) is 0 Å². The van der Waals surface area contributed by atoms with Gasteiger partial charge in [0.2, 0.25) is 9.05 Å². The SMILES string of the molecule is CC1(C)CCCC1CS(=O)(=O)Cl. The van der Waals surface area contributed by atoms with E-state index in [9.17, 15) is 8.42 Å². The Balaban J connectivity index is 2.65. The Hall–Kier alpha value is 0.240. The van der Waals surface area contributed by atoms with Gasteiger partial charge in [-0.3, -0.25) is 0 Å². The molecule has 1 unspecified atom stereocenters. The predicted octanol–water partition coefficient (Wildman–Crippen LogP) is 2.38. The largest absolute Gasteiger partial charge is 0.232 e. The van der Waals surface area contributed by atoms with Gasteiger partial charge in [0, 0.05) is 10.7 Å². The van der Waals surface area contributed by atoms with Crippen LogP contribution in [0.2, 0.25) is 0 Å². The first-order valence-electron chi connectivity index (χ1n) is 4.24. The Morgan fingerprint density at radius 1 is 1.50 bits per heavy atom. The topological polar surface area (TPSA) is 34.1 Å². The maximum atomic E-state index is 10.8. The molecule has 1 fully saturated rings. The van der Waals surface area contributed by atoms with Crippen molar-refractivity contribution >= 4 is 19.7 Å². The van der Waals surface area contributed by atoms with E-state index in [0.29, 0.717) is 0 Å². The van der Waals surface area contributed by atoms with Crippen molar-refractivity contribution in [1.29, 1.82) is 0 Å². The standard InChI is InChI=1S/C8H15ClO2S/c1-8(2)5-3-4-7(8)6-12(9,10)11/h7H,3-6H2,1-2H3. The molecule has 0 saturated heterocycles. The van der Waals surface area contributed by atoms with Crippen molar-refractivity contribution in [3.05, 3.63) is 0 Å².